The number of rotatable bonds is 8. The van der Waals surface area contributed by atoms with E-state index in [4.69, 9.17) is 5.26 Å². The summed E-state index contributed by atoms with van der Waals surface area (Å²) >= 11 is 0. The zero-order valence-corrected chi connectivity index (χ0v) is 11.4. The highest BCUT2D eigenvalue weighted by Crippen LogP contribution is 2.15. The molecule has 1 N–H and O–H groups in total. The second kappa shape index (κ2) is 8.68. The molecule has 0 radical (unpaired) electrons. The maximum Gasteiger partial charge on any atom is 0.0641 e. The Balaban J connectivity index is 2.47. The fourth-order valence-corrected chi connectivity index (χ4v) is 2.02. The van der Waals surface area contributed by atoms with Crippen LogP contribution in [-0.4, -0.2) is 31.1 Å². The van der Waals surface area contributed by atoms with Crippen LogP contribution in [0, 0.1) is 11.3 Å². The highest BCUT2D eigenvalue weighted by molar-refractivity contribution is 5.19. The zero-order valence-electron chi connectivity index (χ0n) is 11.4. The third-order valence-electron chi connectivity index (χ3n) is 3.21. The molecule has 1 rings (SSSR count). The monoisotopic (exact) mass is 245 g/mol. The van der Waals surface area contributed by atoms with Gasteiger partial charge in [0, 0.05) is 19.1 Å². The number of likely N-dealkylation sites (N-methyl/N-ethyl adjacent to an activating group) is 1. The van der Waals surface area contributed by atoms with Crippen LogP contribution in [0.15, 0.2) is 30.3 Å². The fourth-order valence-electron chi connectivity index (χ4n) is 2.02. The van der Waals surface area contributed by atoms with Crippen molar-refractivity contribution >= 4 is 0 Å². The molecule has 0 aromatic heterocycles. The molecule has 0 spiro atoms. The van der Waals surface area contributed by atoms with Gasteiger partial charge in [0.25, 0.3) is 0 Å². The molecule has 1 atom stereocenters. The number of nitriles is 1. The van der Waals surface area contributed by atoms with Crippen LogP contribution in [0.25, 0.3) is 0 Å². The lowest BCUT2D eigenvalue weighted by Crippen LogP contribution is -2.33. The highest BCUT2D eigenvalue weighted by atomic mass is 15.1. The normalized spacial score (nSPS) is 12.3. The zero-order chi connectivity index (χ0) is 13.2. The van der Waals surface area contributed by atoms with Crippen LogP contribution >= 0.6 is 0 Å². The van der Waals surface area contributed by atoms with E-state index in [9.17, 15) is 0 Å². The van der Waals surface area contributed by atoms with E-state index in [1.165, 1.54) is 5.56 Å². The second-order valence-corrected chi connectivity index (χ2v) is 4.31. The van der Waals surface area contributed by atoms with Gasteiger partial charge < -0.3 is 10.2 Å². The van der Waals surface area contributed by atoms with Gasteiger partial charge in [-0.15, -0.1) is 0 Å². The summed E-state index contributed by atoms with van der Waals surface area (Å²) in [5.74, 6) is 0. The van der Waals surface area contributed by atoms with Crippen molar-refractivity contribution < 1.29 is 0 Å². The molecule has 0 saturated carbocycles. The van der Waals surface area contributed by atoms with E-state index in [-0.39, 0.29) is 6.04 Å². The van der Waals surface area contributed by atoms with Crippen molar-refractivity contribution in [3.8, 4) is 6.07 Å². The molecule has 1 unspecified atom stereocenters. The predicted molar refractivity (Wildman–Crippen MR) is 75.2 cm³/mol. The van der Waals surface area contributed by atoms with Crippen molar-refractivity contribution in [2.24, 2.45) is 0 Å². The van der Waals surface area contributed by atoms with Crippen LogP contribution in [0.4, 0.5) is 0 Å². The van der Waals surface area contributed by atoms with E-state index in [0.717, 1.165) is 26.2 Å². The van der Waals surface area contributed by atoms with Crippen molar-refractivity contribution in [1.29, 1.82) is 5.26 Å². The maximum absolute atomic E-state index is 8.90. The molecule has 0 amide bonds. The summed E-state index contributed by atoms with van der Waals surface area (Å²) in [7, 11) is 0. The minimum Gasteiger partial charge on any atom is -0.308 e. The van der Waals surface area contributed by atoms with E-state index in [1.807, 2.05) is 18.2 Å². The molecule has 1 aromatic carbocycles. The molecule has 0 saturated heterocycles. The molecule has 0 aliphatic rings. The van der Waals surface area contributed by atoms with E-state index >= 15 is 0 Å². The summed E-state index contributed by atoms with van der Waals surface area (Å²) in [5, 5.41) is 12.4. The minimum absolute atomic E-state index is 0.145. The molecule has 0 aliphatic carbocycles. The van der Waals surface area contributed by atoms with Crippen molar-refractivity contribution in [3.05, 3.63) is 35.9 Å². The fraction of sp³-hybridized carbons (Fsp3) is 0.533. The van der Waals surface area contributed by atoms with E-state index in [0.29, 0.717) is 6.42 Å². The SMILES string of the molecule is CCN(CC)CCNC(CC#N)c1ccccc1. The quantitative estimate of drug-likeness (QED) is 0.765. The van der Waals surface area contributed by atoms with Crippen molar-refractivity contribution in [2.45, 2.75) is 26.3 Å². The average Bonchev–Trinajstić information content (AvgIpc) is 2.43. The Morgan fingerprint density at radius 3 is 2.44 bits per heavy atom. The summed E-state index contributed by atoms with van der Waals surface area (Å²) in [6.07, 6.45) is 0.516. The van der Waals surface area contributed by atoms with Crippen molar-refractivity contribution in [1.82, 2.24) is 10.2 Å². The first-order chi connectivity index (χ1) is 8.81. The summed E-state index contributed by atoms with van der Waals surface area (Å²) in [6, 6.07) is 12.6. The van der Waals surface area contributed by atoms with E-state index < -0.39 is 0 Å². The van der Waals surface area contributed by atoms with Gasteiger partial charge in [-0.2, -0.15) is 5.26 Å². The Morgan fingerprint density at radius 1 is 1.22 bits per heavy atom. The van der Waals surface area contributed by atoms with Gasteiger partial charge in [0.1, 0.15) is 0 Å². The summed E-state index contributed by atoms with van der Waals surface area (Å²) < 4.78 is 0. The van der Waals surface area contributed by atoms with Crippen LogP contribution in [0.2, 0.25) is 0 Å². The summed E-state index contributed by atoms with van der Waals surface area (Å²) in [4.78, 5) is 2.38. The first-order valence-corrected chi connectivity index (χ1v) is 6.69. The molecule has 18 heavy (non-hydrogen) atoms. The van der Waals surface area contributed by atoms with Crippen LogP contribution in [0.3, 0.4) is 0 Å². The van der Waals surface area contributed by atoms with Gasteiger partial charge in [-0.05, 0) is 18.7 Å². The Morgan fingerprint density at radius 2 is 1.89 bits per heavy atom. The largest absolute Gasteiger partial charge is 0.308 e. The van der Waals surface area contributed by atoms with Gasteiger partial charge in [-0.1, -0.05) is 44.2 Å². The third-order valence-corrected chi connectivity index (χ3v) is 3.21. The molecule has 3 heteroatoms. The Bertz CT molecular complexity index is 352. The first-order valence-electron chi connectivity index (χ1n) is 6.69. The van der Waals surface area contributed by atoms with Gasteiger partial charge >= 0.3 is 0 Å². The molecule has 0 fully saturated rings. The summed E-state index contributed by atoms with van der Waals surface area (Å²) in [6.45, 7) is 8.45. The third kappa shape index (κ3) is 4.87. The smallest absolute Gasteiger partial charge is 0.0641 e. The average molecular weight is 245 g/mol. The Labute approximate surface area is 110 Å². The van der Waals surface area contributed by atoms with Gasteiger partial charge in [0.15, 0.2) is 0 Å². The van der Waals surface area contributed by atoms with Crippen LogP contribution < -0.4 is 5.32 Å². The van der Waals surface area contributed by atoms with Gasteiger partial charge in [-0.25, -0.2) is 0 Å². The molecule has 0 aliphatic heterocycles. The lowest BCUT2D eigenvalue weighted by molar-refractivity contribution is 0.296. The second-order valence-electron chi connectivity index (χ2n) is 4.31. The first kappa shape index (κ1) is 14.7. The van der Waals surface area contributed by atoms with Crippen LogP contribution in [0.5, 0.6) is 0 Å². The van der Waals surface area contributed by atoms with Gasteiger partial charge in [-0.3, -0.25) is 0 Å². The van der Waals surface area contributed by atoms with Crippen LogP contribution in [0.1, 0.15) is 31.9 Å². The van der Waals surface area contributed by atoms with Crippen LogP contribution in [-0.2, 0) is 0 Å². The van der Waals surface area contributed by atoms with E-state index in [2.05, 4.69) is 42.3 Å². The lowest BCUT2D eigenvalue weighted by atomic mass is 10.0. The molecule has 98 valence electrons. The summed E-state index contributed by atoms with van der Waals surface area (Å²) in [5.41, 5.74) is 1.19. The molecule has 1 aromatic rings. The Kier molecular flexibility index (Phi) is 7.09. The number of nitrogens with one attached hydrogen (secondary N) is 1. The molecular weight excluding hydrogens is 222 g/mol. The Hall–Kier alpha value is -1.37. The number of benzene rings is 1. The molecule has 0 heterocycles. The predicted octanol–water partition coefficient (Wildman–Crippen LogP) is 2.57. The van der Waals surface area contributed by atoms with E-state index in [1.54, 1.807) is 0 Å². The molecule has 0 bridgehead atoms. The number of hydrogen-bond acceptors (Lipinski definition) is 3. The van der Waals surface area contributed by atoms with Crippen molar-refractivity contribution in [2.75, 3.05) is 26.2 Å². The topological polar surface area (TPSA) is 39.1 Å². The standard InChI is InChI=1S/C15H23N3/c1-3-18(4-2)13-12-17-15(10-11-16)14-8-6-5-7-9-14/h5-9,15,17H,3-4,10,12-13H2,1-2H3. The highest BCUT2D eigenvalue weighted by Gasteiger charge is 2.10. The lowest BCUT2D eigenvalue weighted by Gasteiger charge is -2.21. The number of nitrogens with zero attached hydrogens (tertiary/aromatic N) is 2. The number of hydrogen-bond donors (Lipinski definition) is 1. The van der Waals surface area contributed by atoms with Gasteiger partial charge in [0.2, 0.25) is 0 Å². The van der Waals surface area contributed by atoms with Crippen molar-refractivity contribution in [3.63, 3.8) is 0 Å². The maximum atomic E-state index is 8.90. The minimum atomic E-state index is 0.145. The molecule has 3 nitrogen and oxygen atoms in total. The molecular formula is C15H23N3. The van der Waals surface area contributed by atoms with Gasteiger partial charge in [0.05, 0.1) is 12.5 Å².